The van der Waals surface area contributed by atoms with E-state index in [0.717, 1.165) is 17.4 Å². The molecule has 0 bridgehead atoms. The second kappa shape index (κ2) is 8.62. The lowest BCUT2D eigenvalue weighted by Gasteiger charge is -2.22. The molecule has 28 heavy (non-hydrogen) atoms. The quantitative estimate of drug-likeness (QED) is 0.592. The summed E-state index contributed by atoms with van der Waals surface area (Å²) in [6.07, 6.45) is 0. The summed E-state index contributed by atoms with van der Waals surface area (Å²) in [6, 6.07) is 8.85. The van der Waals surface area contributed by atoms with E-state index in [-0.39, 0.29) is 11.4 Å². The van der Waals surface area contributed by atoms with Gasteiger partial charge in [-0.25, -0.2) is 13.8 Å². The topological polar surface area (TPSA) is 45.7 Å². The summed E-state index contributed by atoms with van der Waals surface area (Å²) in [5.74, 6) is -0.988. The number of rotatable bonds is 7. The molecule has 0 unspecified atom stereocenters. The van der Waals surface area contributed by atoms with Crippen molar-refractivity contribution in [3.8, 4) is 5.75 Å². The van der Waals surface area contributed by atoms with Crippen LogP contribution in [0.15, 0.2) is 36.4 Å². The molecule has 1 amide bonds. The van der Waals surface area contributed by atoms with Crippen LogP contribution >= 0.6 is 11.3 Å². The van der Waals surface area contributed by atoms with Crippen LogP contribution < -0.4 is 9.64 Å². The van der Waals surface area contributed by atoms with E-state index in [2.05, 4.69) is 4.98 Å². The Morgan fingerprint density at radius 1 is 1.14 bits per heavy atom. The number of likely N-dealkylation sites (N-methyl/N-ethyl adjacent to an activating group) is 1. The fourth-order valence-electron chi connectivity index (χ4n) is 2.66. The molecule has 1 heterocycles. The smallest absolute Gasteiger partial charge is 0.260 e. The van der Waals surface area contributed by atoms with E-state index < -0.39 is 11.6 Å². The number of amides is 1. The van der Waals surface area contributed by atoms with Crippen LogP contribution in [0.3, 0.4) is 0 Å². The molecule has 0 aliphatic carbocycles. The first-order chi connectivity index (χ1) is 13.4. The summed E-state index contributed by atoms with van der Waals surface area (Å²) in [4.78, 5) is 20.8. The third kappa shape index (κ3) is 4.45. The van der Waals surface area contributed by atoms with Crippen LogP contribution in [0.1, 0.15) is 17.3 Å². The van der Waals surface area contributed by atoms with Crippen molar-refractivity contribution in [2.75, 3.05) is 38.7 Å². The molecule has 3 rings (SSSR count). The van der Waals surface area contributed by atoms with E-state index in [4.69, 9.17) is 4.74 Å². The lowest BCUT2D eigenvalue weighted by atomic mass is 10.2. The van der Waals surface area contributed by atoms with Gasteiger partial charge in [0, 0.05) is 24.7 Å². The molecular formula is C20H21F2N3O2S. The van der Waals surface area contributed by atoms with Crippen LogP contribution in [-0.4, -0.2) is 49.6 Å². The second-order valence-corrected chi connectivity index (χ2v) is 7.46. The number of aromatic nitrogens is 1. The first-order valence-corrected chi connectivity index (χ1v) is 9.65. The highest BCUT2D eigenvalue weighted by molar-refractivity contribution is 7.22. The highest BCUT2D eigenvalue weighted by atomic mass is 32.1. The zero-order valence-electron chi connectivity index (χ0n) is 15.9. The van der Waals surface area contributed by atoms with Crippen molar-refractivity contribution in [2.45, 2.75) is 6.92 Å². The summed E-state index contributed by atoms with van der Waals surface area (Å²) >= 11 is 1.09. The standard InChI is InChI=1S/C20H21F2N3O2S/c1-4-27-15-7-5-13(6-8-15)19(26)25(10-9-24(2)3)20-23-18-16(22)11-14(21)12-17(18)28-20/h5-8,11-12H,4,9-10H2,1-3H3. The number of benzene rings is 2. The molecule has 0 N–H and O–H groups in total. The molecule has 0 saturated heterocycles. The number of carbonyl (C=O) groups excluding carboxylic acids is 1. The summed E-state index contributed by atoms with van der Waals surface area (Å²) in [5, 5.41) is 0.334. The third-order valence-corrected chi connectivity index (χ3v) is 5.09. The highest BCUT2D eigenvalue weighted by Crippen LogP contribution is 2.32. The summed E-state index contributed by atoms with van der Waals surface area (Å²) in [6.45, 7) is 3.38. The summed E-state index contributed by atoms with van der Waals surface area (Å²) in [5.41, 5.74) is 0.531. The minimum Gasteiger partial charge on any atom is -0.494 e. The number of hydrogen-bond acceptors (Lipinski definition) is 5. The van der Waals surface area contributed by atoms with Crippen molar-refractivity contribution < 1.29 is 18.3 Å². The number of hydrogen-bond donors (Lipinski definition) is 0. The number of thiazole rings is 1. The molecule has 0 spiro atoms. The lowest BCUT2D eigenvalue weighted by Crippen LogP contribution is -2.36. The van der Waals surface area contributed by atoms with Gasteiger partial charge in [-0.2, -0.15) is 0 Å². The van der Waals surface area contributed by atoms with Crippen LogP contribution in [0.25, 0.3) is 10.2 Å². The molecule has 148 valence electrons. The van der Waals surface area contributed by atoms with Crippen LogP contribution in [0.2, 0.25) is 0 Å². The van der Waals surface area contributed by atoms with E-state index in [1.807, 2.05) is 25.9 Å². The Hall–Kier alpha value is -2.58. The van der Waals surface area contributed by atoms with Gasteiger partial charge in [-0.3, -0.25) is 9.69 Å². The largest absolute Gasteiger partial charge is 0.494 e. The average Bonchev–Trinajstić information content (AvgIpc) is 3.06. The SMILES string of the molecule is CCOc1ccc(C(=O)N(CCN(C)C)c2nc3c(F)cc(F)cc3s2)cc1. The molecule has 1 aromatic heterocycles. The summed E-state index contributed by atoms with van der Waals surface area (Å²) in [7, 11) is 3.79. The predicted molar refractivity (Wildman–Crippen MR) is 107 cm³/mol. The maximum Gasteiger partial charge on any atom is 0.260 e. The maximum atomic E-state index is 14.1. The van der Waals surface area contributed by atoms with Gasteiger partial charge in [0.25, 0.3) is 5.91 Å². The molecule has 8 heteroatoms. The van der Waals surface area contributed by atoms with Gasteiger partial charge in [-0.1, -0.05) is 11.3 Å². The fourth-order valence-corrected chi connectivity index (χ4v) is 3.69. The zero-order valence-corrected chi connectivity index (χ0v) is 16.7. The Bertz CT molecular complexity index is 973. The second-order valence-electron chi connectivity index (χ2n) is 6.45. The van der Waals surface area contributed by atoms with E-state index >= 15 is 0 Å². The van der Waals surface area contributed by atoms with Gasteiger partial charge in [0.05, 0.1) is 11.3 Å². The van der Waals surface area contributed by atoms with Crippen molar-refractivity contribution in [3.63, 3.8) is 0 Å². The van der Waals surface area contributed by atoms with Crippen molar-refractivity contribution in [2.24, 2.45) is 0 Å². The molecule has 0 atom stereocenters. The molecule has 3 aromatic rings. The molecule has 2 aromatic carbocycles. The highest BCUT2D eigenvalue weighted by Gasteiger charge is 2.22. The Kier molecular flexibility index (Phi) is 6.21. The number of carbonyl (C=O) groups is 1. The fraction of sp³-hybridized carbons (Fsp3) is 0.300. The Labute approximate surface area is 166 Å². The van der Waals surface area contributed by atoms with Gasteiger partial charge >= 0.3 is 0 Å². The first-order valence-electron chi connectivity index (χ1n) is 8.84. The lowest BCUT2D eigenvalue weighted by molar-refractivity contribution is 0.0985. The van der Waals surface area contributed by atoms with Crippen molar-refractivity contribution in [1.29, 1.82) is 0 Å². The molecule has 5 nitrogen and oxygen atoms in total. The number of halogens is 2. The van der Waals surface area contributed by atoms with Crippen molar-refractivity contribution >= 4 is 32.6 Å². The van der Waals surface area contributed by atoms with Crippen molar-refractivity contribution in [1.82, 2.24) is 9.88 Å². The van der Waals surface area contributed by atoms with E-state index in [9.17, 15) is 13.6 Å². The van der Waals surface area contributed by atoms with Crippen LogP contribution in [0.5, 0.6) is 5.75 Å². The third-order valence-electron chi connectivity index (χ3n) is 4.06. The monoisotopic (exact) mass is 405 g/mol. The average molecular weight is 405 g/mol. The van der Waals surface area contributed by atoms with Gasteiger partial charge in [-0.05, 0) is 51.4 Å². The molecule has 0 saturated carbocycles. The van der Waals surface area contributed by atoms with E-state index in [1.165, 1.54) is 11.0 Å². The van der Waals surface area contributed by atoms with Crippen LogP contribution in [-0.2, 0) is 0 Å². The minimum absolute atomic E-state index is 0.0655. The van der Waals surface area contributed by atoms with Gasteiger partial charge in [0.1, 0.15) is 17.1 Å². The molecule has 0 fully saturated rings. The van der Waals surface area contributed by atoms with Crippen LogP contribution in [0.4, 0.5) is 13.9 Å². The van der Waals surface area contributed by atoms with Gasteiger partial charge < -0.3 is 9.64 Å². The minimum atomic E-state index is -0.737. The summed E-state index contributed by atoms with van der Waals surface area (Å²) < 4.78 is 33.4. The number of nitrogens with zero attached hydrogens (tertiary/aromatic N) is 3. The van der Waals surface area contributed by atoms with E-state index in [0.29, 0.717) is 40.8 Å². The normalized spacial score (nSPS) is 11.2. The molecular weight excluding hydrogens is 384 g/mol. The first kappa shape index (κ1) is 20.2. The van der Waals surface area contributed by atoms with Gasteiger partial charge in [0.2, 0.25) is 0 Å². The van der Waals surface area contributed by atoms with Crippen molar-refractivity contribution in [3.05, 3.63) is 53.6 Å². The number of ether oxygens (including phenoxy) is 1. The van der Waals surface area contributed by atoms with Gasteiger partial charge in [0.15, 0.2) is 10.9 Å². The molecule has 0 aliphatic rings. The molecule has 0 aliphatic heterocycles. The Balaban J connectivity index is 1.96. The maximum absolute atomic E-state index is 14.1. The van der Waals surface area contributed by atoms with Crippen LogP contribution in [0, 0.1) is 11.6 Å². The number of fused-ring (bicyclic) bond motifs is 1. The van der Waals surface area contributed by atoms with Gasteiger partial charge in [-0.15, -0.1) is 0 Å². The van der Waals surface area contributed by atoms with E-state index in [1.54, 1.807) is 24.3 Å². The molecule has 0 radical (unpaired) electrons. The predicted octanol–water partition coefficient (Wildman–Crippen LogP) is 4.18. The Morgan fingerprint density at radius 2 is 1.86 bits per heavy atom. The number of anilines is 1. The Morgan fingerprint density at radius 3 is 2.50 bits per heavy atom. The zero-order chi connectivity index (χ0) is 20.3.